The van der Waals surface area contributed by atoms with Gasteiger partial charge in [-0.3, -0.25) is 0 Å². The molecular weight excluding hydrogens is 188 g/mol. The summed E-state index contributed by atoms with van der Waals surface area (Å²) in [6.07, 6.45) is 0. The molecule has 1 aromatic heterocycles. The first-order valence-corrected chi connectivity index (χ1v) is 6.30. The molecule has 1 aromatic rings. The van der Waals surface area contributed by atoms with E-state index in [1.165, 1.54) is 0 Å². The Balaban J connectivity index is 3.05. The van der Waals surface area contributed by atoms with Crippen LogP contribution in [-0.2, 0) is 5.41 Å². The van der Waals surface area contributed by atoms with E-state index in [9.17, 15) is 0 Å². The molecule has 0 nitrogen and oxygen atoms in total. The second-order valence-corrected chi connectivity index (χ2v) is 6.40. The molecule has 0 aliphatic rings. The van der Waals surface area contributed by atoms with Crippen molar-refractivity contribution in [2.45, 2.75) is 52.9 Å². The predicted molar refractivity (Wildman–Crippen MR) is 66.3 cm³/mol. The molecule has 0 radical (unpaired) electrons. The van der Waals surface area contributed by atoms with Crippen molar-refractivity contribution >= 4 is 11.3 Å². The first kappa shape index (κ1) is 11.8. The lowest BCUT2D eigenvalue weighted by atomic mass is 9.84. The van der Waals surface area contributed by atoms with E-state index < -0.39 is 0 Å². The van der Waals surface area contributed by atoms with Gasteiger partial charge in [0.15, 0.2) is 0 Å². The van der Waals surface area contributed by atoms with E-state index in [1.807, 2.05) is 11.3 Å². The Labute approximate surface area is 92.4 Å². The van der Waals surface area contributed by atoms with E-state index >= 15 is 0 Å². The van der Waals surface area contributed by atoms with Gasteiger partial charge in [0.25, 0.3) is 0 Å². The van der Waals surface area contributed by atoms with Crippen LogP contribution in [0.3, 0.4) is 0 Å². The summed E-state index contributed by atoms with van der Waals surface area (Å²) >= 11 is 1.90. The topological polar surface area (TPSA) is 0 Å². The number of thiophene rings is 1. The largest absolute Gasteiger partial charge is 0.148 e. The molecule has 1 atom stereocenters. The maximum atomic E-state index is 2.34. The highest BCUT2D eigenvalue weighted by atomic mass is 32.1. The van der Waals surface area contributed by atoms with Crippen LogP contribution in [0.1, 0.15) is 57.9 Å². The Bertz CT molecular complexity index is 288. The predicted octanol–water partition coefficient (Wildman–Crippen LogP) is 4.81. The average Bonchev–Trinajstić information content (AvgIpc) is 2.48. The SMILES string of the molecule is CC(C)C(C)c1ccsc1C(C)(C)C. The third-order valence-electron chi connectivity index (χ3n) is 2.87. The Morgan fingerprint density at radius 1 is 1.14 bits per heavy atom. The smallest absolute Gasteiger partial charge is 0.0134 e. The van der Waals surface area contributed by atoms with Crippen LogP contribution in [-0.4, -0.2) is 0 Å². The molecule has 0 spiro atoms. The lowest BCUT2D eigenvalue weighted by Gasteiger charge is -2.23. The highest BCUT2D eigenvalue weighted by Gasteiger charge is 2.23. The van der Waals surface area contributed by atoms with Gasteiger partial charge in [0.1, 0.15) is 0 Å². The quantitative estimate of drug-likeness (QED) is 0.657. The first-order valence-electron chi connectivity index (χ1n) is 5.42. The molecule has 0 aromatic carbocycles. The zero-order valence-corrected chi connectivity index (χ0v) is 11.0. The standard InChI is InChI=1S/C13H22S/c1-9(2)10(3)11-7-8-14-12(11)13(4,5)6/h7-10H,1-6H3. The van der Waals surface area contributed by atoms with Gasteiger partial charge >= 0.3 is 0 Å². The highest BCUT2D eigenvalue weighted by Crippen LogP contribution is 2.37. The lowest BCUT2D eigenvalue weighted by Crippen LogP contribution is -2.14. The molecule has 14 heavy (non-hydrogen) atoms. The number of hydrogen-bond acceptors (Lipinski definition) is 1. The van der Waals surface area contributed by atoms with E-state index in [2.05, 4.69) is 53.0 Å². The Morgan fingerprint density at radius 2 is 1.71 bits per heavy atom. The van der Waals surface area contributed by atoms with Crippen molar-refractivity contribution in [1.82, 2.24) is 0 Å². The summed E-state index contributed by atoms with van der Waals surface area (Å²) in [5.74, 6) is 1.40. The summed E-state index contributed by atoms with van der Waals surface area (Å²) in [6, 6.07) is 2.30. The van der Waals surface area contributed by atoms with Crippen LogP contribution in [0.25, 0.3) is 0 Å². The van der Waals surface area contributed by atoms with Crippen molar-refractivity contribution in [2.24, 2.45) is 5.92 Å². The van der Waals surface area contributed by atoms with Gasteiger partial charge in [-0.05, 0) is 34.3 Å². The molecule has 0 saturated heterocycles. The Hall–Kier alpha value is -0.300. The molecule has 1 heterocycles. The molecule has 0 N–H and O–H groups in total. The van der Waals surface area contributed by atoms with Crippen molar-refractivity contribution in [3.05, 3.63) is 21.9 Å². The van der Waals surface area contributed by atoms with Crippen molar-refractivity contribution in [1.29, 1.82) is 0 Å². The molecule has 0 saturated carbocycles. The molecule has 0 aliphatic heterocycles. The fraction of sp³-hybridized carbons (Fsp3) is 0.692. The minimum absolute atomic E-state index is 0.298. The molecule has 0 bridgehead atoms. The van der Waals surface area contributed by atoms with Gasteiger partial charge in [0, 0.05) is 4.88 Å². The Morgan fingerprint density at radius 3 is 2.14 bits per heavy atom. The number of hydrogen-bond donors (Lipinski definition) is 0. The molecule has 0 aliphatic carbocycles. The first-order chi connectivity index (χ1) is 6.34. The van der Waals surface area contributed by atoms with Gasteiger partial charge in [-0.2, -0.15) is 0 Å². The van der Waals surface area contributed by atoms with Gasteiger partial charge in [-0.1, -0.05) is 41.5 Å². The van der Waals surface area contributed by atoms with Crippen LogP contribution in [0, 0.1) is 5.92 Å². The third-order valence-corrected chi connectivity index (χ3v) is 4.22. The van der Waals surface area contributed by atoms with Crippen LogP contribution in [0.15, 0.2) is 11.4 Å². The van der Waals surface area contributed by atoms with E-state index in [0.29, 0.717) is 11.3 Å². The Kier molecular flexibility index (Phi) is 3.41. The summed E-state index contributed by atoms with van der Waals surface area (Å²) in [5.41, 5.74) is 1.85. The van der Waals surface area contributed by atoms with Crippen LogP contribution >= 0.6 is 11.3 Å². The normalized spacial score (nSPS) is 14.8. The fourth-order valence-electron chi connectivity index (χ4n) is 1.65. The lowest BCUT2D eigenvalue weighted by molar-refractivity contribution is 0.516. The summed E-state index contributed by atoms with van der Waals surface area (Å²) in [4.78, 5) is 1.55. The average molecular weight is 210 g/mol. The van der Waals surface area contributed by atoms with Crippen LogP contribution in [0.5, 0.6) is 0 Å². The zero-order valence-electron chi connectivity index (χ0n) is 10.2. The van der Waals surface area contributed by atoms with Gasteiger partial charge in [-0.25, -0.2) is 0 Å². The minimum Gasteiger partial charge on any atom is -0.148 e. The van der Waals surface area contributed by atoms with E-state index in [0.717, 1.165) is 5.92 Å². The maximum absolute atomic E-state index is 2.34. The maximum Gasteiger partial charge on any atom is 0.0134 e. The van der Waals surface area contributed by atoms with Crippen LogP contribution in [0.4, 0.5) is 0 Å². The van der Waals surface area contributed by atoms with Crippen molar-refractivity contribution in [3.63, 3.8) is 0 Å². The summed E-state index contributed by atoms with van der Waals surface area (Å²) < 4.78 is 0. The van der Waals surface area contributed by atoms with Crippen molar-refractivity contribution < 1.29 is 0 Å². The van der Waals surface area contributed by atoms with E-state index in [-0.39, 0.29) is 0 Å². The summed E-state index contributed by atoms with van der Waals surface area (Å²) in [6.45, 7) is 13.8. The summed E-state index contributed by atoms with van der Waals surface area (Å²) in [5, 5.41) is 2.23. The van der Waals surface area contributed by atoms with E-state index in [1.54, 1.807) is 10.4 Å². The molecular formula is C13H22S. The molecule has 1 unspecified atom stereocenters. The molecule has 1 rings (SSSR count). The van der Waals surface area contributed by atoms with Crippen molar-refractivity contribution in [3.8, 4) is 0 Å². The van der Waals surface area contributed by atoms with Gasteiger partial charge in [-0.15, -0.1) is 11.3 Å². The van der Waals surface area contributed by atoms with Gasteiger partial charge in [0.2, 0.25) is 0 Å². The van der Waals surface area contributed by atoms with Crippen LogP contribution in [0.2, 0.25) is 0 Å². The number of rotatable bonds is 2. The zero-order chi connectivity index (χ0) is 10.9. The molecule has 0 fully saturated rings. The molecule has 0 amide bonds. The molecule has 80 valence electrons. The molecule has 1 heteroatoms. The van der Waals surface area contributed by atoms with Crippen LogP contribution < -0.4 is 0 Å². The fourth-order valence-corrected chi connectivity index (χ4v) is 2.74. The second-order valence-electron chi connectivity index (χ2n) is 5.49. The third kappa shape index (κ3) is 2.38. The minimum atomic E-state index is 0.298. The van der Waals surface area contributed by atoms with Gasteiger partial charge in [0.05, 0.1) is 0 Å². The van der Waals surface area contributed by atoms with E-state index in [4.69, 9.17) is 0 Å². The second kappa shape index (κ2) is 4.06. The monoisotopic (exact) mass is 210 g/mol. The highest BCUT2D eigenvalue weighted by molar-refractivity contribution is 7.10. The van der Waals surface area contributed by atoms with Gasteiger partial charge < -0.3 is 0 Å². The van der Waals surface area contributed by atoms with Crippen molar-refractivity contribution in [2.75, 3.05) is 0 Å². The summed E-state index contributed by atoms with van der Waals surface area (Å²) in [7, 11) is 0.